The zero-order valence-corrected chi connectivity index (χ0v) is 10.5. The maximum Gasteiger partial charge on any atom is 0.151 e. The zero-order chi connectivity index (χ0) is 11.2. The lowest BCUT2D eigenvalue weighted by molar-refractivity contribution is 0.565. The summed E-state index contributed by atoms with van der Waals surface area (Å²) in [5.41, 5.74) is 0.640. The van der Waals surface area contributed by atoms with Gasteiger partial charge in [0.2, 0.25) is 0 Å². The third kappa shape index (κ3) is 2.11. The predicted molar refractivity (Wildman–Crippen MR) is 61.7 cm³/mol. The van der Waals surface area contributed by atoms with Crippen LogP contribution < -0.4 is 0 Å². The fraction of sp³-hybridized carbons (Fsp3) is 0.333. The molecule has 1 radical (unpaired) electrons. The van der Waals surface area contributed by atoms with Crippen LogP contribution in [0.5, 0.6) is 0 Å². The highest BCUT2D eigenvalue weighted by atomic mass is 35.5. The summed E-state index contributed by atoms with van der Waals surface area (Å²) in [6.45, 7) is 0. The van der Waals surface area contributed by atoms with Gasteiger partial charge < -0.3 is 0 Å². The molecule has 1 fully saturated rings. The van der Waals surface area contributed by atoms with Gasteiger partial charge in [0.05, 0.1) is 26.6 Å². The van der Waals surface area contributed by atoms with Crippen molar-refractivity contribution < 1.29 is 8.42 Å². The van der Waals surface area contributed by atoms with Gasteiger partial charge in [0, 0.05) is 5.92 Å². The van der Waals surface area contributed by atoms with Crippen LogP contribution in [0.4, 0.5) is 0 Å². The van der Waals surface area contributed by atoms with Crippen LogP contribution in [0.3, 0.4) is 0 Å². The summed E-state index contributed by atoms with van der Waals surface area (Å²) in [5.74, 6) is 0.125. The SMILES string of the molecule is O=S1(=O)CC(c2[c]cc(Cl)c(Cl)c2Cl)C1. The van der Waals surface area contributed by atoms with E-state index in [1.54, 1.807) is 0 Å². The molecule has 0 spiro atoms. The largest absolute Gasteiger partial charge is 0.229 e. The molecule has 1 heterocycles. The average Bonchev–Trinajstić information content (AvgIpc) is 2.11. The Balaban J connectivity index is 2.36. The second-order valence-electron chi connectivity index (χ2n) is 3.45. The van der Waals surface area contributed by atoms with Crippen LogP contribution in [0.2, 0.25) is 15.1 Å². The summed E-state index contributed by atoms with van der Waals surface area (Å²) in [6.07, 6.45) is 0. The standard InChI is InChI=1S/C9H6Cl3O2S/c10-7-2-1-6(8(11)9(7)12)5-3-15(13,14)4-5/h2,5H,3-4H2. The van der Waals surface area contributed by atoms with Crippen molar-refractivity contribution in [3.63, 3.8) is 0 Å². The molecule has 15 heavy (non-hydrogen) atoms. The number of sulfone groups is 1. The second-order valence-corrected chi connectivity index (χ2v) is 6.77. The van der Waals surface area contributed by atoms with E-state index in [2.05, 4.69) is 6.07 Å². The Labute approximate surface area is 103 Å². The van der Waals surface area contributed by atoms with Crippen molar-refractivity contribution in [1.82, 2.24) is 0 Å². The average molecular weight is 285 g/mol. The molecule has 1 saturated heterocycles. The van der Waals surface area contributed by atoms with E-state index in [1.807, 2.05) is 0 Å². The maximum atomic E-state index is 11.0. The minimum atomic E-state index is -2.87. The molecule has 1 aliphatic heterocycles. The van der Waals surface area contributed by atoms with Gasteiger partial charge in [-0.05, 0) is 17.7 Å². The Hall–Kier alpha value is 0.0400. The van der Waals surface area contributed by atoms with Crippen molar-refractivity contribution >= 4 is 44.6 Å². The summed E-state index contributed by atoms with van der Waals surface area (Å²) in [5, 5.41) is 0.896. The van der Waals surface area contributed by atoms with E-state index in [9.17, 15) is 8.42 Å². The topological polar surface area (TPSA) is 34.1 Å². The molecular formula is C9H6Cl3O2S. The highest BCUT2D eigenvalue weighted by molar-refractivity contribution is 7.92. The molecule has 1 aromatic rings. The summed E-state index contributed by atoms with van der Waals surface area (Å²) in [4.78, 5) is 0. The van der Waals surface area contributed by atoms with Crippen molar-refractivity contribution in [2.24, 2.45) is 0 Å². The molecule has 1 aromatic carbocycles. The van der Waals surface area contributed by atoms with Gasteiger partial charge in [-0.3, -0.25) is 0 Å². The van der Waals surface area contributed by atoms with Crippen molar-refractivity contribution in [1.29, 1.82) is 0 Å². The van der Waals surface area contributed by atoms with Gasteiger partial charge in [-0.2, -0.15) is 0 Å². The van der Waals surface area contributed by atoms with Crippen LogP contribution in [0.1, 0.15) is 11.5 Å². The van der Waals surface area contributed by atoms with Crippen molar-refractivity contribution in [3.05, 3.63) is 32.8 Å². The van der Waals surface area contributed by atoms with Gasteiger partial charge in [0.1, 0.15) is 0 Å². The van der Waals surface area contributed by atoms with Crippen LogP contribution in [-0.2, 0) is 9.84 Å². The molecular weight excluding hydrogens is 279 g/mol. The second kappa shape index (κ2) is 3.81. The molecule has 0 bridgehead atoms. The van der Waals surface area contributed by atoms with E-state index >= 15 is 0 Å². The minimum absolute atomic E-state index is 0.0998. The van der Waals surface area contributed by atoms with Crippen LogP contribution in [0.25, 0.3) is 0 Å². The molecule has 0 atom stereocenters. The number of hydrogen-bond acceptors (Lipinski definition) is 2. The third-order valence-corrected chi connectivity index (χ3v) is 5.41. The van der Waals surface area contributed by atoms with Gasteiger partial charge in [-0.25, -0.2) is 8.42 Å². The van der Waals surface area contributed by atoms with E-state index in [-0.39, 0.29) is 22.4 Å². The first kappa shape index (κ1) is 11.5. The molecule has 81 valence electrons. The Kier molecular flexibility index (Phi) is 2.93. The Morgan fingerprint density at radius 1 is 1.20 bits per heavy atom. The number of hydrogen-bond donors (Lipinski definition) is 0. The number of halogens is 3. The molecule has 2 rings (SSSR count). The molecule has 0 aromatic heterocycles. The molecule has 0 N–H and O–H groups in total. The Bertz CT molecular complexity index is 498. The van der Waals surface area contributed by atoms with Gasteiger partial charge >= 0.3 is 0 Å². The summed E-state index contributed by atoms with van der Waals surface area (Å²) < 4.78 is 22.0. The Morgan fingerprint density at radius 3 is 2.33 bits per heavy atom. The fourth-order valence-electron chi connectivity index (χ4n) is 1.52. The predicted octanol–water partition coefficient (Wildman–Crippen LogP) is 2.96. The first-order valence-electron chi connectivity index (χ1n) is 4.16. The summed E-state index contributed by atoms with van der Waals surface area (Å²) >= 11 is 17.5. The smallest absolute Gasteiger partial charge is 0.151 e. The zero-order valence-electron chi connectivity index (χ0n) is 7.43. The number of benzene rings is 1. The van der Waals surface area contributed by atoms with E-state index in [0.717, 1.165) is 0 Å². The third-order valence-electron chi connectivity index (χ3n) is 2.31. The van der Waals surface area contributed by atoms with Crippen LogP contribution in [-0.4, -0.2) is 19.9 Å². The molecule has 0 aliphatic carbocycles. The van der Waals surface area contributed by atoms with Crippen molar-refractivity contribution in [2.75, 3.05) is 11.5 Å². The first-order valence-corrected chi connectivity index (χ1v) is 7.12. The normalized spacial score (nSPS) is 19.9. The first-order chi connectivity index (χ1) is 6.91. The van der Waals surface area contributed by atoms with Gasteiger partial charge in [-0.15, -0.1) is 0 Å². The quantitative estimate of drug-likeness (QED) is 0.743. The van der Waals surface area contributed by atoms with Crippen LogP contribution in [0.15, 0.2) is 6.07 Å². The van der Waals surface area contributed by atoms with E-state index in [0.29, 0.717) is 15.6 Å². The maximum absolute atomic E-state index is 11.0. The molecule has 0 unspecified atom stereocenters. The van der Waals surface area contributed by atoms with E-state index in [4.69, 9.17) is 34.8 Å². The minimum Gasteiger partial charge on any atom is -0.229 e. The highest BCUT2D eigenvalue weighted by Crippen LogP contribution is 2.39. The van der Waals surface area contributed by atoms with Gasteiger partial charge in [-0.1, -0.05) is 34.8 Å². The van der Waals surface area contributed by atoms with Crippen LogP contribution in [0, 0.1) is 6.07 Å². The summed E-state index contributed by atoms with van der Waals surface area (Å²) in [6, 6.07) is 4.38. The van der Waals surface area contributed by atoms with E-state index < -0.39 is 9.84 Å². The number of rotatable bonds is 1. The molecule has 0 amide bonds. The van der Waals surface area contributed by atoms with Gasteiger partial charge in [0.25, 0.3) is 0 Å². The van der Waals surface area contributed by atoms with Crippen LogP contribution >= 0.6 is 34.8 Å². The lowest BCUT2D eigenvalue weighted by Gasteiger charge is -2.26. The molecule has 2 nitrogen and oxygen atoms in total. The summed E-state index contributed by atoms with van der Waals surface area (Å²) in [7, 11) is -2.87. The molecule has 1 aliphatic rings. The molecule has 0 saturated carbocycles. The van der Waals surface area contributed by atoms with Gasteiger partial charge in [0.15, 0.2) is 9.84 Å². The van der Waals surface area contributed by atoms with Crippen molar-refractivity contribution in [3.8, 4) is 0 Å². The molecule has 6 heteroatoms. The van der Waals surface area contributed by atoms with E-state index in [1.165, 1.54) is 6.07 Å². The highest BCUT2D eigenvalue weighted by Gasteiger charge is 2.36. The monoisotopic (exact) mass is 283 g/mol. The van der Waals surface area contributed by atoms with Crippen molar-refractivity contribution in [2.45, 2.75) is 5.92 Å². The lowest BCUT2D eigenvalue weighted by Crippen LogP contribution is -2.34. The fourth-order valence-corrected chi connectivity index (χ4v) is 3.65. The lowest BCUT2D eigenvalue weighted by atomic mass is 10.0. The Morgan fingerprint density at radius 2 is 1.80 bits per heavy atom.